The van der Waals surface area contributed by atoms with Crippen LogP contribution >= 0.6 is 11.6 Å². The second kappa shape index (κ2) is 9.39. The van der Waals surface area contributed by atoms with Gasteiger partial charge in [0.25, 0.3) is 0 Å². The number of fused-ring (bicyclic) bond motifs is 1. The zero-order chi connectivity index (χ0) is 24.5. The van der Waals surface area contributed by atoms with E-state index in [0.717, 1.165) is 22.5 Å². The van der Waals surface area contributed by atoms with Crippen molar-refractivity contribution in [2.75, 3.05) is 18.6 Å². The first-order valence-corrected chi connectivity index (χ1v) is 11.0. The predicted molar refractivity (Wildman–Crippen MR) is 128 cm³/mol. The van der Waals surface area contributed by atoms with Gasteiger partial charge in [0.15, 0.2) is 11.3 Å². The van der Waals surface area contributed by atoms with Gasteiger partial charge in [-0.25, -0.2) is 19.6 Å². The number of benzene rings is 1. The van der Waals surface area contributed by atoms with Crippen molar-refractivity contribution in [1.82, 2.24) is 14.5 Å². The Morgan fingerprint density at radius 3 is 2.42 bits per heavy atom. The maximum Gasteiger partial charge on any atom is 0.414 e. The predicted octanol–water partition coefficient (Wildman–Crippen LogP) is 5.30. The molecule has 9 heteroatoms. The van der Waals surface area contributed by atoms with Crippen LogP contribution in [0.25, 0.3) is 11.2 Å². The molecule has 0 bridgehead atoms. The Morgan fingerprint density at radius 1 is 1.15 bits per heavy atom. The minimum Gasteiger partial charge on any atom is -0.464 e. The number of rotatable bonds is 5. The zero-order valence-electron chi connectivity index (χ0n) is 20.0. The topological polar surface area (TPSA) is 86.6 Å². The van der Waals surface area contributed by atoms with E-state index in [1.54, 1.807) is 12.1 Å². The van der Waals surface area contributed by atoms with Gasteiger partial charge in [0.2, 0.25) is 0 Å². The maximum atomic E-state index is 12.6. The summed E-state index contributed by atoms with van der Waals surface area (Å²) in [7, 11) is 1.32. The van der Waals surface area contributed by atoms with Crippen molar-refractivity contribution in [3.63, 3.8) is 0 Å². The molecule has 2 heterocycles. The van der Waals surface area contributed by atoms with Crippen LogP contribution in [-0.2, 0) is 16.0 Å². The summed E-state index contributed by atoms with van der Waals surface area (Å²) >= 11 is 6.62. The van der Waals surface area contributed by atoms with E-state index in [0.29, 0.717) is 29.4 Å². The number of esters is 1. The Bertz CT molecular complexity index is 1210. The van der Waals surface area contributed by atoms with Gasteiger partial charge in [-0.3, -0.25) is 4.90 Å². The smallest absolute Gasteiger partial charge is 0.414 e. The van der Waals surface area contributed by atoms with Crippen LogP contribution in [0.15, 0.2) is 24.3 Å². The van der Waals surface area contributed by atoms with E-state index in [1.165, 1.54) is 12.0 Å². The van der Waals surface area contributed by atoms with Gasteiger partial charge in [0.05, 0.1) is 13.7 Å². The number of hydrogen-bond donors (Lipinski definition) is 0. The highest BCUT2D eigenvalue weighted by molar-refractivity contribution is 6.31. The molecule has 1 aromatic carbocycles. The lowest BCUT2D eigenvalue weighted by atomic mass is 10.1. The van der Waals surface area contributed by atoms with Gasteiger partial charge >= 0.3 is 12.1 Å². The number of halogens is 1. The molecule has 0 N–H and O–H groups in total. The number of imidazole rings is 1. The lowest BCUT2D eigenvalue weighted by Crippen LogP contribution is -2.36. The first kappa shape index (κ1) is 24.5. The van der Waals surface area contributed by atoms with E-state index < -0.39 is 17.7 Å². The molecule has 0 fully saturated rings. The van der Waals surface area contributed by atoms with Crippen LogP contribution < -0.4 is 4.90 Å². The number of methoxy groups -OCH3 is 1. The van der Waals surface area contributed by atoms with Crippen LogP contribution in [0.2, 0.25) is 5.02 Å². The Morgan fingerprint density at radius 2 is 1.85 bits per heavy atom. The molecule has 0 spiro atoms. The average Bonchev–Trinajstić information content (AvgIpc) is 3.04. The summed E-state index contributed by atoms with van der Waals surface area (Å²) in [6.45, 7) is 12.0. The molecular weight excluding hydrogens is 444 g/mol. The third-order valence-electron chi connectivity index (χ3n) is 5.09. The fraction of sp³-hybridized carbons (Fsp3) is 0.417. The number of ether oxygens (including phenoxy) is 2. The van der Waals surface area contributed by atoms with Crippen LogP contribution in [0.4, 0.5) is 10.5 Å². The van der Waals surface area contributed by atoms with Crippen molar-refractivity contribution in [1.29, 1.82) is 0 Å². The normalized spacial score (nSPS) is 11.5. The molecule has 0 saturated heterocycles. The molecule has 0 aliphatic carbocycles. The quantitative estimate of drug-likeness (QED) is 0.468. The molecule has 176 valence electrons. The molecule has 33 heavy (non-hydrogen) atoms. The lowest BCUT2D eigenvalue weighted by Gasteiger charge is -2.27. The monoisotopic (exact) mass is 472 g/mol. The van der Waals surface area contributed by atoms with Gasteiger partial charge in [-0.05, 0) is 70.9 Å². The second-order valence-electron chi connectivity index (χ2n) is 8.73. The Labute approximate surface area is 198 Å². The lowest BCUT2D eigenvalue weighted by molar-refractivity contribution is 0.0577. The number of anilines is 1. The number of aryl methyl sites for hydroxylation is 2. The minimum absolute atomic E-state index is 0.223. The van der Waals surface area contributed by atoms with Crippen molar-refractivity contribution in [3.05, 3.63) is 51.9 Å². The summed E-state index contributed by atoms with van der Waals surface area (Å²) in [6.07, 6.45) is -0.430. The second-order valence-corrected chi connectivity index (χ2v) is 9.14. The molecular formula is C24H29ClN4O4. The van der Waals surface area contributed by atoms with Crippen LogP contribution in [0, 0.1) is 13.8 Å². The van der Waals surface area contributed by atoms with E-state index >= 15 is 0 Å². The summed E-state index contributed by atoms with van der Waals surface area (Å²) in [5.41, 5.74) is 3.23. The highest BCUT2D eigenvalue weighted by atomic mass is 35.5. The first-order chi connectivity index (χ1) is 15.4. The van der Waals surface area contributed by atoms with E-state index in [4.69, 9.17) is 21.1 Å². The molecule has 0 unspecified atom stereocenters. The maximum absolute atomic E-state index is 12.6. The Kier molecular flexibility index (Phi) is 6.97. The van der Waals surface area contributed by atoms with E-state index in [2.05, 4.69) is 9.97 Å². The third-order valence-corrected chi connectivity index (χ3v) is 5.44. The molecule has 0 saturated carbocycles. The molecule has 1 amide bonds. The molecule has 3 aromatic rings. The summed E-state index contributed by atoms with van der Waals surface area (Å²) in [4.78, 5) is 35.2. The summed E-state index contributed by atoms with van der Waals surface area (Å²) in [5, 5.41) is 0.497. The van der Waals surface area contributed by atoms with E-state index in [9.17, 15) is 9.59 Å². The van der Waals surface area contributed by atoms with E-state index in [1.807, 2.05) is 58.2 Å². The molecule has 0 aliphatic heterocycles. The van der Waals surface area contributed by atoms with Gasteiger partial charge in [0.1, 0.15) is 16.9 Å². The Balaban J connectivity index is 1.96. The first-order valence-electron chi connectivity index (χ1n) is 10.7. The van der Waals surface area contributed by atoms with Crippen molar-refractivity contribution in [2.24, 2.45) is 0 Å². The van der Waals surface area contributed by atoms with Gasteiger partial charge in [0, 0.05) is 17.3 Å². The van der Waals surface area contributed by atoms with Gasteiger partial charge < -0.3 is 14.0 Å². The van der Waals surface area contributed by atoms with Crippen molar-refractivity contribution < 1.29 is 19.1 Å². The van der Waals surface area contributed by atoms with Gasteiger partial charge in [-0.1, -0.05) is 17.7 Å². The third kappa shape index (κ3) is 5.27. The molecule has 8 nitrogen and oxygen atoms in total. The Hall–Kier alpha value is -3.13. The zero-order valence-corrected chi connectivity index (χ0v) is 20.8. The number of hydrogen-bond acceptors (Lipinski definition) is 6. The minimum atomic E-state index is -0.595. The highest BCUT2D eigenvalue weighted by Crippen LogP contribution is 2.28. The molecule has 3 rings (SSSR count). The van der Waals surface area contributed by atoms with Crippen LogP contribution in [0.1, 0.15) is 55.1 Å². The van der Waals surface area contributed by atoms with E-state index in [-0.39, 0.29) is 5.69 Å². The number of amides is 1. The standard InChI is InChI=1S/C24H29ClN4O4/c1-8-28(23(31)33-24(4,5)6)17-10-9-16(18(25)12-17)13-29-15(3)26-20-14(2)11-19(22(30)32-7)27-21(20)29/h9-12H,8,13H2,1-7H3. The number of carbonyl (C=O) groups is 2. The molecule has 2 aromatic heterocycles. The number of pyridine rings is 1. The fourth-order valence-electron chi connectivity index (χ4n) is 3.49. The molecule has 0 atom stereocenters. The van der Waals surface area contributed by atoms with Crippen LogP contribution in [0.5, 0.6) is 0 Å². The van der Waals surface area contributed by atoms with Crippen molar-refractivity contribution in [3.8, 4) is 0 Å². The summed E-state index contributed by atoms with van der Waals surface area (Å²) in [5.74, 6) is 0.237. The molecule has 0 radical (unpaired) electrons. The van der Waals surface area contributed by atoms with Crippen molar-refractivity contribution in [2.45, 2.75) is 53.7 Å². The van der Waals surface area contributed by atoms with Crippen LogP contribution in [-0.4, -0.2) is 45.9 Å². The average molecular weight is 473 g/mol. The number of aromatic nitrogens is 3. The van der Waals surface area contributed by atoms with Gasteiger partial charge in [-0.15, -0.1) is 0 Å². The number of nitrogens with zero attached hydrogens (tertiary/aromatic N) is 4. The van der Waals surface area contributed by atoms with Gasteiger partial charge in [-0.2, -0.15) is 0 Å². The van der Waals surface area contributed by atoms with Crippen molar-refractivity contribution >= 4 is 40.5 Å². The van der Waals surface area contributed by atoms with Crippen LogP contribution in [0.3, 0.4) is 0 Å². The fourth-order valence-corrected chi connectivity index (χ4v) is 3.72. The number of carbonyl (C=O) groups excluding carboxylic acids is 2. The molecule has 0 aliphatic rings. The highest BCUT2D eigenvalue weighted by Gasteiger charge is 2.23. The summed E-state index contributed by atoms with van der Waals surface area (Å²) in [6, 6.07) is 7.12. The largest absolute Gasteiger partial charge is 0.464 e. The SMILES string of the molecule is CCN(C(=O)OC(C)(C)C)c1ccc(Cn2c(C)nc3c(C)cc(C(=O)OC)nc32)c(Cl)c1. The summed E-state index contributed by atoms with van der Waals surface area (Å²) < 4.78 is 12.2.